The van der Waals surface area contributed by atoms with Crippen LogP contribution in [0.4, 0.5) is 5.82 Å². The van der Waals surface area contributed by atoms with Crippen molar-refractivity contribution in [3.05, 3.63) is 47.5 Å². The van der Waals surface area contributed by atoms with Crippen LogP contribution in [-0.4, -0.2) is 55.6 Å². The van der Waals surface area contributed by atoms with E-state index in [9.17, 15) is 4.79 Å². The number of carbonyl (C=O) groups excluding carboxylic acids is 1. The zero-order chi connectivity index (χ0) is 18.8. The summed E-state index contributed by atoms with van der Waals surface area (Å²) in [4.78, 5) is 21.5. The average molecular weight is 381 g/mol. The number of thiophene rings is 1. The molecule has 2 aromatic heterocycles. The van der Waals surface area contributed by atoms with Crippen LogP contribution in [0.5, 0.6) is 0 Å². The second-order valence-electron chi connectivity index (χ2n) is 6.74. The Morgan fingerprint density at radius 1 is 1.15 bits per heavy atom. The molecule has 0 radical (unpaired) electrons. The summed E-state index contributed by atoms with van der Waals surface area (Å²) in [5.74, 6) is 1.03. The van der Waals surface area contributed by atoms with E-state index in [0.29, 0.717) is 5.56 Å². The summed E-state index contributed by atoms with van der Waals surface area (Å²) in [6.07, 6.45) is 1.98. The van der Waals surface area contributed by atoms with Crippen LogP contribution in [0.15, 0.2) is 41.9 Å². The van der Waals surface area contributed by atoms with Crippen LogP contribution in [0.25, 0.3) is 21.2 Å². The van der Waals surface area contributed by atoms with Crippen molar-refractivity contribution >= 4 is 33.1 Å². The SMILES string of the molecule is CCN1CCN(c2ncc(-c3ccc(C(=O)NC)cc3)c3ccsc23)CC1. The molecule has 0 saturated carbocycles. The molecule has 4 rings (SSSR count). The number of pyridine rings is 1. The molecule has 1 fully saturated rings. The number of anilines is 1. The Morgan fingerprint density at radius 2 is 1.89 bits per heavy atom. The fourth-order valence-electron chi connectivity index (χ4n) is 3.63. The number of fused-ring (bicyclic) bond motifs is 1. The Balaban J connectivity index is 1.66. The monoisotopic (exact) mass is 380 g/mol. The molecule has 0 aliphatic carbocycles. The van der Waals surface area contributed by atoms with Crippen molar-refractivity contribution in [2.75, 3.05) is 44.7 Å². The summed E-state index contributed by atoms with van der Waals surface area (Å²) in [7, 11) is 1.65. The summed E-state index contributed by atoms with van der Waals surface area (Å²) in [6.45, 7) is 7.56. The molecule has 6 heteroatoms. The van der Waals surface area contributed by atoms with Crippen molar-refractivity contribution in [3.63, 3.8) is 0 Å². The van der Waals surface area contributed by atoms with E-state index in [4.69, 9.17) is 4.98 Å². The van der Waals surface area contributed by atoms with E-state index in [0.717, 1.165) is 49.7 Å². The third kappa shape index (κ3) is 3.42. The largest absolute Gasteiger partial charge is 0.355 e. The molecular formula is C21H24N4OS. The van der Waals surface area contributed by atoms with Crippen LogP contribution in [0.2, 0.25) is 0 Å². The molecule has 5 nitrogen and oxygen atoms in total. The van der Waals surface area contributed by atoms with E-state index >= 15 is 0 Å². The summed E-state index contributed by atoms with van der Waals surface area (Å²) in [6, 6.07) is 9.90. The number of likely N-dealkylation sites (N-methyl/N-ethyl adjacent to an activating group) is 1. The molecule has 1 aliphatic rings. The van der Waals surface area contributed by atoms with E-state index in [-0.39, 0.29) is 5.91 Å². The number of hydrogen-bond acceptors (Lipinski definition) is 5. The lowest BCUT2D eigenvalue weighted by Gasteiger charge is -2.35. The Hall–Kier alpha value is -2.44. The fraction of sp³-hybridized carbons (Fsp3) is 0.333. The zero-order valence-electron chi connectivity index (χ0n) is 15.7. The molecule has 1 saturated heterocycles. The topological polar surface area (TPSA) is 48.5 Å². The molecule has 1 aromatic carbocycles. The lowest BCUT2D eigenvalue weighted by Crippen LogP contribution is -2.46. The van der Waals surface area contributed by atoms with Crippen LogP contribution >= 0.6 is 11.3 Å². The maximum absolute atomic E-state index is 11.8. The summed E-state index contributed by atoms with van der Waals surface area (Å²) < 4.78 is 1.24. The molecule has 1 aliphatic heterocycles. The first-order valence-electron chi connectivity index (χ1n) is 9.37. The second-order valence-corrected chi connectivity index (χ2v) is 7.65. The van der Waals surface area contributed by atoms with Gasteiger partial charge in [-0.15, -0.1) is 11.3 Å². The highest BCUT2D eigenvalue weighted by molar-refractivity contribution is 7.17. The summed E-state index contributed by atoms with van der Waals surface area (Å²) >= 11 is 1.75. The maximum Gasteiger partial charge on any atom is 0.251 e. The van der Waals surface area contributed by atoms with Crippen LogP contribution < -0.4 is 10.2 Å². The van der Waals surface area contributed by atoms with Gasteiger partial charge in [0.15, 0.2) is 0 Å². The maximum atomic E-state index is 11.8. The smallest absolute Gasteiger partial charge is 0.251 e. The van der Waals surface area contributed by atoms with Gasteiger partial charge in [-0.25, -0.2) is 4.98 Å². The number of piperazine rings is 1. The normalized spacial score (nSPS) is 15.3. The zero-order valence-corrected chi connectivity index (χ0v) is 16.6. The minimum atomic E-state index is -0.0677. The van der Waals surface area contributed by atoms with Gasteiger partial charge in [-0.3, -0.25) is 4.79 Å². The van der Waals surface area contributed by atoms with E-state index in [1.165, 1.54) is 10.1 Å². The van der Waals surface area contributed by atoms with Crippen LogP contribution in [0.3, 0.4) is 0 Å². The van der Waals surface area contributed by atoms with Gasteiger partial charge in [-0.05, 0) is 35.7 Å². The Bertz CT molecular complexity index is 942. The van der Waals surface area contributed by atoms with Gasteiger partial charge in [0.2, 0.25) is 0 Å². The molecule has 0 spiro atoms. The van der Waals surface area contributed by atoms with Crippen LogP contribution in [-0.2, 0) is 0 Å². The van der Waals surface area contributed by atoms with Gasteiger partial charge < -0.3 is 15.1 Å². The quantitative estimate of drug-likeness (QED) is 0.753. The summed E-state index contributed by atoms with van der Waals surface area (Å²) in [5, 5.41) is 6.03. The standard InChI is InChI=1S/C21H24N4OS/c1-3-24-9-11-25(12-10-24)20-19-17(8-13-27-19)18(14-23-20)15-4-6-16(7-5-15)21(26)22-2/h4-8,13-14H,3,9-12H2,1-2H3,(H,22,26). The number of carbonyl (C=O) groups is 1. The number of nitrogens with zero attached hydrogens (tertiary/aromatic N) is 3. The number of amides is 1. The minimum absolute atomic E-state index is 0.0677. The third-order valence-corrected chi connectivity index (χ3v) is 6.19. The first kappa shape index (κ1) is 17.9. The van der Waals surface area contributed by atoms with Gasteiger partial charge in [-0.2, -0.15) is 0 Å². The fourth-order valence-corrected chi connectivity index (χ4v) is 4.56. The van der Waals surface area contributed by atoms with Crippen LogP contribution in [0.1, 0.15) is 17.3 Å². The van der Waals surface area contributed by atoms with Gasteiger partial charge >= 0.3 is 0 Å². The van der Waals surface area contributed by atoms with Crippen molar-refractivity contribution in [2.45, 2.75) is 6.92 Å². The second kappa shape index (κ2) is 7.66. The third-order valence-electron chi connectivity index (χ3n) is 5.28. The van der Waals surface area contributed by atoms with E-state index in [1.54, 1.807) is 18.4 Å². The molecule has 0 unspecified atom stereocenters. The van der Waals surface area contributed by atoms with Crippen molar-refractivity contribution in [1.82, 2.24) is 15.2 Å². The molecule has 0 atom stereocenters. The number of benzene rings is 1. The lowest BCUT2D eigenvalue weighted by molar-refractivity contribution is 0.0963. The molecule has 3 heterocycles. The number of aromatic nitrogens is 1. The van der Waals surface area contributed by atoms with Crippen molar-refractivity contribution < 1.29 is 4.79 Å². The van der Waals surface area contributed by atoms with Crippen molar-refractivity contribution in [3.8, 4) is 11.1 Å². The predicted octanol–water partition coefficient (Wildman–Crippen LogP) is 3.46. The Kier molecular flexibility index (Phi) is 5.09. The highest BCUT2D eigenvalue weighted by Gasteiger charge is 2.20. The molecule has 3 aromatic rings. The van der Waals surface area contributed by atoms with E-state index < -0.39 is 0 Å². The van der Waals surface area contributed by atoms with Gasteiger partial charge in [0, 0.05) is 55.9 Å². The van der Waals surface area contributed by atoms with Gasteiger partial charge in [0.05, 0.1) is 4.70 Å². The minimum Gasteiger partial charge on any atom is -0.355 e. The van der Waals surface area contributed by atoms with E-state index in [1.807, 2.05) is 30.5 Å². The molecule has 140 valence electrons. The highest BCUT2D eigenvalue weighted by Crippen LogP contribution is 2.37. The Labute approximate surface area is 163 Å². The highest BCUT2D eigenvalue weighted by atomic mass is 32.1. The Morgan fingerprint density at radius 3 is 2.56 bits per heavy atom. The number of nitrogens with one attached hydrogen (secondary N) is 1. The van der Waals surface area contributed by atoms with Gasteiger partial charge in [0.25, 0.3) is 5.91 Å². The van der Waals surface area contributed by atoms with Crippen molar-refractivity contribution in [1.29, 1.82) is 0 Å². The molecule has 27 heavy (non-hydrogen) atoms. The average Bonchev–Trinajstić information content (AvgIpc) is 3.23. The lowest BCUT2D eigenvalue weighted by atomic mass is 10.0. The van der Waals surface area contributed by atoms with Gasteiger partial charge in [-0.1, -0.05) is 19.1 Å². The number of rotatable bonds is 4. The molecule has 1 amide bonds. The summed E-state index contributed by atoms with van der Waals surface area (Å²) in [5.41, 5.74) is 2.87. The predicted molar refractivity (Wildman–Crippen MR) is 113 cm³/mol. The number of hydrogen-bond donors (Lipinski definition) is 1. The van der Waals surface area contributed by atoms with Gasteiger partial charge in [0.1, 0.15) is 5.82 Å². The molecule has 1 N–H and O–H groups in total. The van der Waals surface area contributed by atoms with Crippen LogP contribution in [0, 0.1) is 0 Å². The van der Waals surface area contributed by atoms with Crippen molar-refractivity contribution in [2.24, 2.45) is 0 Å². The first-order valence-corrected chi connectivity index (χ1v) is 10.2. The molecule has 0 bridgehead atoms. The molecular weight excluding hydrogens is 356 g/mol. The first-order chi connectivity index (χ1) is 13.2. The van der Waals surface area contributed by atoms with E-state index in [2.05, 4.69) is 33.5 Å².